The van der Waals surface area contributed by atoms with E-state index in [1.807, 2.05) is 0 Å². The van der Waals surface area contributed by atoms with Gasteiger partial charge in [0.25, 0.3) is 6.47 Å². The third-order valence-electron chi connectivity index (χ3n) is 3.94. The normalized spacial score (nSPS) is 18.1. The highest BCUT2D eigenvalue weighted by Gasteiger charge is 2.24. The summed E-state index contributed by atoms with van der Waals surface area (Å²) in [4.78, 5) is 10.4. The first-order valence-electron chi connectivity index (χ1n) is 8.82. The Morgan fingerprint density at radius 3 is 1.86 bits per heavy atom. The Labute approximate surface area is 138 Å². The van der Waals surface area contributed by atoms with E-state index >= 15 is 0 Å². The second-order valence-corrected chi connectivity index (χ2v) is 8.74. The SMILES string of the molecule is CC(C)(C)CC(OC=O)OC1CCCCC1.CCC(C)(C)C. The molecule has 3 heteroatoms. The molecule has 0 aromatic heterocycles. The Morgan fingerprint density at radius 1 is 1.00 bits per heavy atom. The molecule has 1 saturated carbocycles. The highest BCUT2D eigenvalue weighted by Crippen LogP contribution is 2.27. The van der Waals surface area contributed by atoms with Crippen LogP contribution in [-0.4, -0.2) is 18.9 Å². The molecule has 1 aliphatic carbocycles. The number of rotatable bonds is 5. The van der Waals surface area contributed by atoms with Gasteiger partial charge < -0.3 is 9.47 Å². The molecule has 0 aromatic carbocycles. The Bertz CT molecular complexity index is 280. The van der Waals surface area contributed by atoms with E-state index in [0.29, 0.717) is 11.9 Å². The van der Waals surface area contributed by atoms with Gasteiger partial charge in [0.15, 0.2) is 0 Å². The topological polar surface area (TPSA) is 35.5 Å². The van der Waals surface area contributed by atoms with Gasteiger partial charge in [0, 0.05) is 6.42 Å². The third kappa shape index (κ3) is 13.1. The first kappa shape index (κ1) is 21.4. The van der Waals surface area contributed by atoms with Gasteiger partial charge in [-0.15, -0.1) is 0 Å². The molecule has 1 rings (SSSR count). The highest BCUT2D eigenvalue weighted by molar-refractivity contribution is 5.37. The van der Waals surface area contributed by atoms with Crippen LogP contribution in [0.4, 0.5) is 0 Å². The molecule has 132 valence electrons. The molecule has 0 bridgehead atoms. The average molecular weight is 315 g/mol. The quantitative estimate of drug-likeness (QED) is 0.481. The van der Waals surface area contributed by atoms with Crippen LogP contribution in [-0.2, 0) is 14.3 Å². The van der Waals surface area contributed by atoms with Crippen molar-refractivity contribution < 1.29 is 14.3 Å². The predicted molar refractivity (Wildman–Crippen MR) is 92.7 cm³/mol. The van der Waals surface area contributed by atoms with E-state index in [2.05, 4.69) is 48.5 Å². The van der Waals surface area contributed by atoms with E-state index in [4.69, 9.17) is 9.47 Å². The van der Waals surface area contributed by atoms with Crippen LogP contribution < -0.4 is 0 Å². The van der Waals surface area contributed by atoms with E-state index < -0.39 is 0 Å². The van der Waals surface area contributed by atoms with E-state index in [-0.39, 0.29) is 17.8 Å². The minimum absolute atomic E-state index is 0.113. The molecule has 1 atom stereocenters. The van der Waals surface area contributed by atoms with Gasteiger partial charge in [0.1, 0.15) is 0 Å². The minimum atomic E-state index is -0.374. The molecule has 0 saturated heterocycles. The maximum atomic E-state index is 10.4. The number of carbonyl (C=O) groups is 1. The van der Waals surface area contributed by atoms with Crippen LogP contribution in [0.15, 0.2) is 0 Å². The lowest BCUT2D eigenvalue weighted by Gasteiger charge is -2.30. The zero-order chi connectivity index (χ0) is 17.2. The molecule has 0 N–H and O–H groups in total. The van der Waals surface area contributed by atoms with Crippen molar-refractivity contribution >= 4 is 6.47 Å². The minimum Gasteiger partial charge on any atom is -0.438 e. The highest BCUT2D eigenvalue weighted by atomic mass is 16.7. The fourth-order valence-electron chi connectivity index (χ4n) is 2.11. The summed E-state index contributed by atoms with van der Waals surface area (Å²) in [6.45, 7) is 15.8. The first-order valence-corrected chi connectivity index (χ1v) is 8.82. The fraction of sp³-hybridized carbons (Fsp3) is 0.947. The lowest BCUT2D eigenvalue weighted by molar-refractivity contribution is -0.187. The average Bonchev–Trinajstić information content (AvgIpc) is 2.38. The van der Waals surface area contributed by atoms with Crippen LogP contribution in [0, 0.1) is 10.8 Å². The second-order valence-electron chi connectivity index (χ2n) is 8.74. The molecule has 1 fully saturated rings. The summed E-state index contributed by atoms with van der Waals surface area (Å²) in [7, 11) is 0. The summed E-state index contributed by atoms with van der Waals surface area (Å²) < 4.78 is 10.9. The van der Waals surface area contributed by atoms with Crippen LogP contribution >= 0.6 is 0 Å². The maximum Gasteiger partial charge on any atom is 0.295 e. The van der Waals surface area contributed by atoms with Crippen LogP contribution in [0.25, 0.3) is 0 Å². The summed E-state index contributed by atoms with van der Waals surface area (Å²) in [5.41, 5.74) is 0.655. The molecular weight excluding hydrogens is 276 g/mol. The van der Waals surface area contributed by atoms with Crippen molar-refractivity contribution in [3.63, 3.8) is 0 Å². The maximum absolute atomic E-state index is 10.4. The first-order chi connectivity index (χ1) is 10.1. The van der Waals surface area contributed by atoms with Crippen molar-refractivity contribution in [2.45, 2.75) is 106 Å². The molecule has 0 radical (unpaired) electrons. The number of ether oxygens (including phenoxy) is 2. The predicted octanol–water partition coefficient (Wildman–Crippen LogP) is 5.71. The molecular formula is C19H38O3. The van der Waals surface area contributed by atoms with Gasteiger partial charge in [0.2, 0.25) is 6.29 Å². The smallest absolute Gasteiger partial charge is 0.295 e. The van der Waals surface area contributed by atoms with E-state index in [1.54, 1.807) is 0 Å². The van der Waals surface area contributed by atoms with Crippen LogP contribution in [0.2, 0.25) is 0 Å². The molecule has 3 nitrogen and oxygen atoms in total. The summed E-state index contributed by atoms with van der Waals surface area (Å²) >= 11 is 0. The van der Waals surface area contributed by atoms with Crippen molar-refractivity contribution in [1.29, 1.82) is 0 Å². The van der Waals surface area contributed by atoms with Crippen LogP contribution in [0.1, 0.15) is 93.4 Å². The van der Waals surface area contributed by atoms with Crippen molar-refractivity contribution in [3.8, 4) is 0 Å². The van der Waals surface area contributed by atoms with Crippen LogP contribution in [0.5, 0.6) is 0 Å². The lowest BCUT2D eigenvalue weighted by Crippen LogP contribution is -2.29. The number of hydrogen-bond acceptors (Lipinski definition) is 3. The van der Waals surface area contributed by atoms with Gasteiger partial charge in [-0.05, 0) is 23.7 Å². The van der Waals surface area contributed by atoms with E-state index in [9.17, 15) is 4.79 Å². The zero-order valence-electron chi connectivity index (χ0n) is 15.9. The van der Waals surface area contributed by atoms with Gasteiger partial charge in [-0.2, -0.15) is 0 Å². The summed E-state index contributed by atoms with van der Waals surface area (Å²) in [6.07, 6.45) is 7.89. The van der Waals surface area contributed by atoms with Crippen LogP contribution in [0.3, 0.4) is 0 Å². The van der Waals surface area contributed by atoms with E-state index in [1.165, 1.54) is 25.7 Å². The molecule has 0 spiro atoms. The standard InChI is InChI=1S/C13H24O3.C6H14/c1-13(2,3)9-12(15-10-14)16-11-7-5-4-6-8-11;1-5-6(2,3)4/h10-12H,4-9H2,1-3H3;5H2,1-4H3. The fourth-order valence-corrected chi connectivity index (χ4v) is 2.11. The van der Waals surface area contributed by atoms with Crippen molar-refractivity contribution in [3.05, 3.63) is 0 Å². The number of hydrogen-bond donors (Lipinski definition) is 0. The molecule has 1 aliphatic rings. The van der Waals surface area contributed by atoms with E-state index in [0.717, 1.165) is 19.3 Å². The van der Waals surface area contributed by atoms with Gasteiger partial charge >= 0.3 is 0 Å². The molecule has 0 amide bonds. The third-order valence-corrected chi connectivity index (χ3v) is 3.94. The van der Waals surface area contributed by atoms with Crippen molar-refractivity contribution in [1.82, 2.24) is 0 Å². The Hall–Kier alpha value is -0.570. The zero-order valence-corrected chi connectivity index (χ0v) is 15.9. The Morgan fingerprint density at radius 2 is 1.50 bits per heavy atom. The molecule has 0 aromatic rings. The molecule has 22 heavy (non-hydrogen) atoms. The second kappa shape index (κ2) is 10.3. The van der Waals surface area contributed by atoms with Gasteiger partial charge in [-0.3, -0.25) is 4.79 Å². The molecule has 0 heterocycles. The van der Waals surface area contributed by atoms with Gasteiger partial charge in [0.05, 0.1) is 6.10 Å². The summed E-state index contributed by atoms with van der Waals surface area (Å²) in [5, 5.41) is 0. The molecule has 0 aliphatic heterocycles. The lowest BCUT2D eigenvalue weighted by atomic mass is 9.91. The number of carbonyl (C=O) groups excluding carboxylic acids is 1. The van der Waals surface area contributed by atoms with Crippen molar-refractivity contribution in [2.24, 2.45) is 10.8 Å². The Balaban J connectivity index is 0.000000626. The van der Waals surface area contributed by atoms with Crippen molar-refractivity contribution in [2.75, 3.05) is 0 Å². The summed E-state index contributed by atoms with van der Waals surface area (Å²) in [6, 6.07) is 0. The largest absolute Gasteiger partial charge is 0.438 e. The van der Waals surface area contributed by atoms with Gasteiger partial charge in [-0.25, -0.2) is 0 Å². The Kier molecular flexibility index (Phi) is 9.99. The monoisotopic (exact) mass is 314 g/mol. The molecule has 1 unspecified atom stereocenters. The summed E-state index contributed by atoms with van der Waals surface area (Å²) in [5.74, 6) is 0. The van der Waals surface area contributed by atoms with Gasteiger partial charge in [-0.1, -0.05) is 74.1 Å².